The molecule has 1 N–H and O–H groups in total. The fourth-order valence-corrected chi connectivity index (χ4v) is 1.48. The second-order valence-electron chi connectivity index (χ2n) is 3.47. The van der Waals surface area contributed by atoms with E-state index in [9.17, 15) is 4.79 Å². The van der Waals surface area contributed by atoms with Crippen molar-refractivity contribution in [3.8, 4) is 0 Å². The molecule has 0 spiro atoms. The zero-order valence-electron chi connectivity index (χ0n) is 9.31. The first-order valence-corrected chi connectivity index (χ1v) is 5.23. The lowest BCUT2D eigenvalue weighted by Crippen LogP contribution is -2.16. The van der Waals surface area contributed by atoms with Gasteiger partial charge in [0.1, 0.15) is 10.8 Å². The van der Waals surface area contributed by atoms with Crippen molar-refractivity contribution in [2.45, 2.75) is 6.92 Å². The maximum Gasteiger partial charge on any atom is 0.275 e. The number of carbonyl (C=O) groups excluding carboxylic acids is 1. The van der Waals surface area contributed by atoms with E-state index in [1.165, 1.54) is 17.1 Å². The molecule has 88 valence electrons. The van der Waals surface area contributed by atoms with Gasteiger partial charge in [0.25, 0.3) is 5.91 Å². The molecule has 2 rings (SSSR count). The largest absolute Gasteiger partial charge is 0.304 e. The topological polar surface area (TPSA) is 72.7 Å². The lowest BCUT2D eigenvalue weighted by atomic mass is 10.3. The minimum absolute atomic E-state index is 0.277. The highest BCUT2D eigenvalue weighted by Crippen LogP contribution is 2.08. The molecule has 2 aromatic rings. The van der Waals surface area contributed by atoms with E-state index >= 15 is 0 Å². The minimum Gasteiger partial charge on any atom is -0.304 e. The number of halogens is 1. The number of nitrogens with one attached hydrogen (secondary N) is 1. The molecule has 2 aromatic heterocycles. The van der Waals surface area contributed by atoms with Gasteiger partial charge in [-0.2, -0.15) is 5.10 Å². The Hall–Kier alpha value is -1.95. The standard InChI is InChI=1S/C10H10ClN5O/c1-6-3-7(16(2)15-6)10(17)14-9-5-12-8(11)4-13-9/h3-5H,1-2H3,(H,13,14,17). The molecular formula is C10H10ClN5O. The predicted octanol–water partition coefficient (Wildman–Crippen LogP) is 1.42. The fraction of sp³-hybridized carbons (Fsp3) is 0.200. The first-order chi connectivity index (χ1) is 8.06. The highest BCUT2D eigenvalue weighted by atomic mass is 35.5. The van der Waals surface area contributed by atoms with Gasteiger partial charge in [0.15, 0.2) is 5.82 Å². The Labute approximate surface area is 103 Å². The molecule has 0 bridgehead atoms. The van der Waals surface area contributed by atoms with Crippen LogP contribution in [0.4, 0.5) is 5.82 Å². The van der Waals surface area contributed by atoms with Gasteiger partial charge in [0.05, 0.1) is 18.1 Å². The van der Waals surface area contributed by atoms with E-state index in [2.05, 4.69) is 20.4 Å². The van der Waals surface area contributed by atoms with Crippen LogP contribution in [0.5, 0.6) is 0 Å². The van der Waals surface area contributed by atoms with E-state index < -0.39 is 0 Å². The van der Waals surface area contributed by atoms with Crippen LogP contribution in [0.3, 0.4) is 0 Å². The van der Waals surface area contributed by atoms with Gasteiger partial charge in [-0.3, -0.25) is 9.48 Å². The van der Waals surface area contributed by atoms with Crippen molar-refractivity contribution in [1.29, 1.82) is 0 Å². The number of aromatic nitrogens is 4. The zero-order valence-corrected chi connectivity index (χ0v) is 10.1. The molecular weight excluding hydrogens is 242 g/mol. The van der Waals surface area contributed by atoms with Gasteiger partial charge in [-0.05, 0) is 13.0 Å². The van der Waals surface area contributed by atoms with Gasteiger partial charge >= 0.3 is 0 Å². The van der Waals surface area contributed by atoms with Crippen molar-refractivity contribution in [2.24, 2.45) is 7.05 Å². The molecule has 0 aromatic carbocycles. The summed E-state index contributed by atoms with van der Waals surface area (Å²) < 4.78 is 1.51. The first kappa shape index (κ1) is 11.5. The first-order valence-electron chi connectivity index (χ1n) is 4.86. The van der Waals surface area contributed by atoms with Crippen molar-refractivity contribution >= 4 is 23.3 Å². The molecule has 0 unspecified atom stereocenters. The Bertz CT molecular complexity index is 548. The summed E-state index contributed by atoms with van der Waals surface area (Å²) in [5.41, 5.74) is 1.24. The molecule has 0 fully saturated rings. The van der Waals surface area contributed by atoms with Gasteiger partial charge < -0.3 is 5.32 Å². The molecule has 17 heavy (non-hydrogen) atoms. The summed E-state index contributed by atoms with van der Waals surface area (Å²) in [6.07, 6.45) is 2.76. The summed E-state index contributed by atoms with van der Waals surface area (Å²) in [5, 5.41) is 6.97. The Morgan fingerprint density at radius 3 is 2.71 bits per heavy atom. The molecule has 7 heteroatoms. The average Bonchev–Trinajstić information content (AvgIpc) is 2.61. The van der Waals surface area contributed by atoms with Crippen LogP contribution in [0.15, 0.2) is 18.5 Å². The number of amides is 1. The lowest BCUT2D eigenvalue weighted by Gasteiger charge is -2.03. The molecule has 2 heterocycles. The van der Waals surface area contributed by atoms with E-state index in [-0.39, 0.29) is 11.1 Å². The summed E-state index contributed by atoms with van der Waals surface area (Å²) >= 11 is 5.59. The van der Waals surface area contributed by atoms with Crippen LogP contribution in [0, 0.1) is 6.92 Å². The van der Waals surface area contributed by atoms with Crippen molar-refractivity contribution in [2.75, 3.05) is 5.32 Å². The van der Waals surface area contributed by atoms with Crippen molar-refractivity contribution < 1.29 is 4.79 Å². The maximum absolute atomic E-state index is 11.9. The van der Waals surface area contributed by atoms with Gasteiger partial charge in [-0.15, -0.1) is 0 Å². The van der Waals surface area contributed by atoms with Crippen LogP contribution in [0.2, 0.25) is 5.15 Å². The van der Waals surface area contributed by atoms with Gasteiger partial charge in [0, 0.05) is 7.05 Å². The second kappa shape index (κ2) is 4.50. The summed E-state index contributed by atoms with van der Waals surface area (Å²) in [4.78, 5) is 19.6. The molecule has 0 aliphatic heterocycles. The van der Waals surface area contributed by atoms with Crippen LogP contribution in [-0.2, 0) is 7.05 Å². The number of aryl methyl sites for hydroxylation is 2. The number of hydrogen-bond donors (Lipinski definition) is 1. The van der Waals surface area contributed by atoms with Crippen LogP contribution >= 0.6 is 11.6 Å². The summed E-state index contributed by atoms with van der Waals surface area (Å²) in [7, 11) is 1.70. The lowest BCUT2D eigenvalue weighted by molar-refractivity contribution is 0.101. The van der Waals surface area contributed by atoms with Crippen LogP contribution in [0.1, 0.15) is 16.2 Å². The van der Waals surface area contributed by atoms with E-state index in [4.69, 9.17) is 11.6 Å². The van der Waals surface area contributed by atoms with Gasteiger partial charge in [-0.25, -0.2) is 9.97 Å². The summed E-state index contributed by atoms with van der Waals surface area (Å²) in [6, 6.07) is 1.69. The second-order valence-corrected chi connectivity index (χ2v) is 3.86. The predicted molar refractivity (Wildman–Crippen MR) is 62.9 cm³/mol. The van der Waals surface area contributed by atoms with Gasteiger partial charge in [-0.1, -0.05) is 11.6 Å². The summed E-state index contributed by atoms with van der Waals surface area (Å²) in [5.74, 6) is 0.0583. The Balaban J connectivity index is 2.17. The Kier molecular flexibility index (Phi) is 3.06. The average molecular weight is 252 g/mol. The van der Waals surface area contributed by atoms with Crippen LogP contribution in [0.25, 0.3) is 0 Å². The van der Waals surface area contributed by atoms with Crippen LogP contribution in [-0.4, -0.2) is 25.7 Å². The SMILES string of the molecule is Cc1cc(C(=O)Nc2cnc(Cl)cn2)n(C)n1. The molecule has 0 aliphatic carbocycles. The third kappa shape index (κ3) is 2.59. The minimum atomic E-state index is -0.287. The van der Waals surface area contributed by atoms with Crippen molar-refractivity contribution in [3.05, 3.63) is 35.0 Å². The molecule has 0 saturated carbocycles. The number of nitrogens with zero attached hydrogens (tertiary/aromatic N) is 4. The fourth-order valence-electron chi connectivity index (χ4n) is 1.38. The molecule has 0 saturated heterocycles. The third-order valence-electron chi connectivity index (χ3n) is 2.10. The van der Waals surface area contributed by atoms with E-state index in [0.717, 1.165) is 5.69 Å². The van der Waals surface area contributed by atoms with Crippen molar-refractivity contribution in [3.63, 3.8) is 0 Å². The zero-order chi connectivity index (χ0) is 12.4. The molecule has 0 radical (unpaired) electrons. The van der Waals surface area contributed by atoms with Crippen molar-refractivity contribution in [1.82, 2.24) is 19.7 Å². The normalized spacial score (nSPS) is 10.3. The Morgan fingerprint density at radius 2 is 2.18 bits per heavy atom. The van der Waals surface area contributed by atoms with E-state index in [0.29, 0.717) is 11.5 Å². The third-order valence-corrected chi connectivity index (χ3v) is 2.29. The van der Waals surface area contributed by atoms with E-state index in [1.54, 1.807) is 13.1 Å². The maximum atomic E-state index is 11.9. The molecule has 0 aliphatic rings. The number of rotatable bonds is 2. The molecule has 1 amide bonds. The smallest absolute Gasteiger partial charge is 0.275 e. The van der Waals surface area contributed by atoms with Gasteiger partial charge in [0.2, 0.25) is 0 Å². The number of hydrogen-bond acceptors (Lipinski definition) is 4. The van der Waals surface area contributed by atoms with Crippen LogP contribution < -0.4 is 5.32 Å². The number of carbonyl (C=O) groups is 1. The highest BCUT2D eigenvalue weighted by molar-refractivity contribution is 6.29. The molecule has 0 atom stereocenters. The quantitative estimate of drug-likeness (QED) is 0.876. The van der Waals surface area contributed by atoms with E-state index in [1.807, 2.05) is 6.92 Å². The summed E-state index contributed by atoms with van der Waals surface area (Å²) in [6.45, 7) is 1.82. The Morgan fingerprint density at radius 1 is 1.41 bits per heavy atom. The monoisotopic (exact) mass is 251 g/mol. The highest BCUT2D eigenvalue weighted by Gasteiger charge is 2.12. The molecule has 6 nitrogen and oxygen atoms in total. The number of anilines is 1.